The standard InChI is InChI=1S/C7H14O2Si/c1-5-8-6-7-9-10(2,3)4/h1H,6-7H2,2-4H3. The molecule has 2 nitrogen and oxygen atoms in total. The Kier molecular flexibility index (Phi) is 4.17. The molecule has 0 aliphatic rings. The van der Waals surface area contributed by atoms with Gasteiger partial charge < -0.3 is 9.16 Å². The van der Waals surface area contributed by atoms with Crippen LogP contribution < -0.4 is 0 Å². The predicted octanol–water partition coefficient (Wildman–Crippen LogP) is 1.45. The second-order valence-electron chi connectivity index (χ2n) is 2.93. The molecule has 0 atom stereocenters. The van der Waals surface area contributed by atoms with Crippen LogP contribution in [0.15, 0.2) is 0 Å². The summed E-state index contributed by atoms with van der Waals surface area (Å²) in [5.74, 6) is 0. The predicted molar refractivity (Wildman–Crippen MR) is 44.1 cm³/mol. The molecule has 0 unspecified atom stereocenters. The molecule has 0 aromatic carbocycles. The van der Waals surface area contributed by atoms with Crippen LogP contribution in [0.2, 0.25) is 19.6 Å². The van der Waals surface area contributed by atoms with E-state index in [2.05, 4.69) is 30.5 Å². The van der Waals surface area contributed by atoms with Gasteiger partial charge in [-0.3, -0.25) is 0 Å². The molecule has 0 bridgehead atoms. The van der Waals surface area contributed by atoms with E-state index in [1.54, 1.807) is 0 Å². The Morgan fingerprint density at radius 3 is 2.30 bits per heavy atom. The Labute approximate surface area is 63.7 Å². The lowest BCUT2D eigenvalue weighted by Crippen LogP contribution is -2.27. The highest BCUT2D eigenvalue weighted by Crippen LogP contribution is 2.00. The van der Waals surface area contributed by atoms with Gasteiger partial charge in [-0.2, -0.15) is 0 Å². The normalized spacial score (nSPS) is 10.6. The summed E-state index contributed by atoms with van der Waals surface area (Å²) in [6, 6.07) is 0. The zero-order chi connectivity index (χ0) is 8.04. The van der Waals surface area contributed by atoms with Gasteiger partial charge in [0.05, 0.1) is 6.61 Å². The molecule has 0 amide bonds. The highest BCUT2D eigenvalue weighted by atomic mass is 28.4. The summed E-state index contributed by atoms with van der Waals surface area (Å²) in [6.45, 7) is 7.50. The van der Waals surface area contributed by atoms with Gasteiger partial charge in [0.1, 0.15) is 12.7 Å². The van der Waals surface area contributed by atoms with E-state index in [4.69, 9.17) is 10.8 Å². The first kappa shape index (κ1) is 9.54. The molecule has 58 valence electrons. The van der Waals surface area contributed by atoms with Crippen LogP contribution in [0.4, 0.5) is 0 Å². The summed E-state index contributed by atoms with van der Waals surface area (Å²) < 4.78 is 10.1. The molecule has 0 aromatic rings. The van der Waals surface area contributed by atoms with Gasteiger partial charge >= 0.3 is 0 Å². The van der Waals surface area contributed by atoms with Crippen molar-refractivity contribution in [3.8, 4) is 12.5 Å². The van der Waals surface area contributed by atoms with Gasteiger partial charge in [0, 0.05) is 0 Å². The minimum atomic E-state index is -1.36. The van der Waals surface area contributed by atoms with Crippen LogP contribution in [0.1, 0.15) is 0 Å². The maximum atomic E-state index is 5.45. The second kappa shape index (κ2) is 4.37. The van der Waals surface area contributed by atoms with Crippen molar-refractivity contribution in [1.82, 2.24) is 0 Å². The molecule has 0 fully saturated rings. The fourth-order valence-electron chi connectivity index (χ4n) is 0.448. The van der Waals surface area contributed by atoms with E-state index in [9.17, 15) is 0 Å². The summed E-state index contributed by atoms with van der Waals surface area (Å²) in [7, 11) is -1.36. The SMILES string of the molecule is C#COCCO[Si](C)(C)C. The lowest BCUT2D eigenvalue weighted by molar-refractivity contribution is 0.191. The molecular weight excluding hydrogens is 144 g/mol. The molecule has 10 heavy (non-hydrogen) atoms. The fourth-order valence-corrected chi connectivity index (χ4v) is 1.14. The minimum Gasteiger partial charge on any atom is -0.444 e. The summed E-state index contributed by atoms with van der Waals surface area (Å²) in [5.41, 5.74) is 0. The van der Waals surface area contributed by atoms with E-state index in [-0.39, 0.29) is 0 Å². The summed E-state index contributed by atoms with van der Waals surface area (Å²) >= 11 is 0. The zero-order valence-corrected chi connectivity index (χ0v) is 7.81. The summed E-state index contributed by atoms with van der Waals surface area (Å²) in [5, 5.41) is 0. The number of hydrogen-bond donors (Lipinski definition) is 0. The molecule has 0 radical (unpaired) electrons. The van der Waals surface area contributed by atoms with Crippen LogP contribution in [0.3, 0.4) is 0 Å². The first-order chi connectivity index (χ1) is 4.56. The van der Waals surface area contributed by atoms with Crippen molar-refractivity contribution in [3.63, 3.8) is 0 Å². The first-order valence-electron chi connectivity index (χ1n) is 3.27. The van der Waals surface area contributed by atoms with Gasteiger partial charge in [0.15, 0.2) is 8.32 Å². The maximum Gasteiger partial charge on any atom is 0.183 e. The molecule has 0 saturated heterocycles. The molecular formula is C7H14O2Si. The van der Waals surface area contributed by atoms with E-state index >= 15 is 0 Å². The third-order valence-corrected chi connectivity index (χ3v) is 1.87. The van der Waals surface area contributed by atoms with Crippen LogP contribution in [0, 0.1) is 12.5 Å². The van der Waals surface area contributed by atoms with Crippen molar-refractivity contribution < 1.29 is 9.16 Å². The highest BCUT2D eigenvalue weighted by Gasteiger charge is 2.12. The van der Waals surface area contributed by atoms with Crippen LogP contribution in [0.25, 0.3) is 0 Å². The molecule has 0 rings (SSSR count). The maximum absolute atomic E-state index is 5.45. The lowest BCUT2D eigenvalue weighted by Gasteiger charge is -2.15. The van der Waals surface area contributed by atoms with Gasteiger partial charge in [-0.25, -0.2) is 0 Å². The number of rotatable bonds is 4. The quantitative estimate of drug-likeness (QED) is 0.350. The molecule has 0 aromatic heterocycles. The average molecular weight is 158 g/mol. The highest BCUT2D eigenvalue weighted by molar-refractivity contribution is 6.69. The van der Waals surface area contributed by atoms with Crippen molar-refractivity contribution >= 4 is 8.32 Å². The van der Waals surface area contributed by atoms with Crippen molar-refractivity contribution in [2.75, 3.05) is 13.2 Å². The Balaban J connectivity index is 3.14. The average Bonchev–Trinajstić information content (AvgIpc) is 1.78. The molecule has 0 aliphatic carbocycles. The van der Waals surface area contributed by atoms with Gasteiger partial charge in [-0.1, -0.05) is 6.42 Å². The van der Waals surface area contributed by atoms with Crippen LogP contribution in [-0.2, 0) is 9.16 Å². The fraction of sp³-hybridized carbons (Fsp3) is 0.714. The topological polar surface area (TPSA) is 18.5 Å². The van der Waals surface area contributed by atoms with E-state index in [0.29, 0.717) is 13.2 Å². The van der Waals surface area contributed by atoms with E-state index in [0.717, 1.165) is 0 Å². The van der Waals surface area contributed by atoms with Gasteiger partial charge in [0.25, 0.3) is 0 Å². The minimum absolute atomic E-state index is 0.501. The lowest BCUT2D eigenvalue weighted by atomic mass is 10.8. The zero-order valence-electron chi connectivity index (χ0n) is 6.81. The van der Waals surface area contributed by atoms with Gasteiger partial charge in [-0.05, 0) is 19.6 Å². The van der Waals surface area contributed by atoms with Crippen molar-refractivity contribution in [2.24, 2.45) is 0 Å². The second-order valence-corrected chi connectivity index (χ2v) is 7.44. The number of ether oxygens (including phenoxy) is 1. The third kappa shape index (κ3) is 7.54. The van der Waals surface area contributed by atoms with Crippen molar-refractivity contribution in [1.29, 1.82) is 0 Å². The molecule has 0 N–H and O–H groups in total. The van der Waals surface area contributed by atoms with E-state index in [1.165, 1.54) is 0 Å². The number of terminal acetylenes is 1. The number of hydrogen-bond acceptors (Lipinski definition) is 2. The van der Waals surface area contributed by atoms with Gasteiger partial charge in [-0.15, -0.1) is 0 Å². The third-order valence-electron chi connectivity index (χ3n) is 0.804. The van der Waals surface area contributed by atoms with E-state index < -0.39 is 8.32 Å². The summed E-state index contributed by atoms with van der Waals surface area (Å²) in [4.78, 5) is 0. The Bertz CT molecular complexity index is 121. The molecule has 0 spiro atoms. The van der Waals surface area contributed by atoms with Gasteiger partial charge in [0.2, 0.25) is 0 Å². The van der Waals surface area contributed by atoms with Crippen molar-refractivity contribution in [3.05, 3.63) is 0 Å². The molecule has 0 aliphatic heterocycles. The Hall–Kier alpha value is -0.463. The monoisotopic (exact) mass is 158 g/mol. The van der Waals surface area contributed by atoms with Crippen LogP contribution >= 0.6 is 0 Å². The smallest absolute Gasteiger partial charge is 0.183 e. The molecule has 0 saturated carbocycles. The first-order valence-corrected chi connectivity index (χ1v) is 6.68. The Morgan fingerprint density at radius 1 is 1.30 bits per heavy atom. The van der Waals surface area contributed by atoms with E-state index in [1.807, 2.05) is 0 Å². The van der Waals surface area contributed by atoms with Crippen LogP contribution in [-0.4, -0.2) is 21.5 Å². The summed E-state index contributed by atoms with van der Waals surface area (Å²) in [6.07, 6.45) is 6.95. The van der Waals surface area contributed by atoms with Crippen LogP contribution in [0.5, 0.6) is 0 Å². The van der Waals surface area contributed by atoms with Crippen molar-refractivity contribution in [2.45, 2.75) is 19.6 Å². The molecule has 3 heteroatoms. The molecule has 0 heterocycles. The Morgan fingerprint density at radius 2 is 1.90 bits per heavy atom. The largest absolute Gasteiger partial charge is 0.444 e.